The normalized spacial score (nSPS) is 20.1. The third-order valence-electron chi connectivity index (χ3n) is 4.25. The van der Waals surface area contributed by atoms with Gasteiger partial charge in [0, 0.05) is 31.2 Å². The topological polar surface area (TPSA) is 46.6 Å². The molecule has 1 saturated heterocycles. The summed E-state index contributed by atoms with van der Waals surface area (Å²) in [5, 5.41) is 5.78. The van der Waals surface area contributed by atoms with Crippen molar-refractivity contribution in [3.8, 4) is 11.5 Å². The molecule has 21 heavy (non-hydrogen) atoms. The molecule has 0 aliphatic carbocycles. The largest absolute Gasteiger partial charge is 0.454 e. The third kappa shape index (κ3) is 2.27. The van der Waals surface area contributed by atoms with E-state index < -0.39 is 0 Å². The van der Waals surface area contributed by atoms with Gasteiger partial charge in [-0.1, -0.05) is 0 Å². The fourth-order valence-corrected chi connectivity index (χ4v) is 3.18. The van der Waals surface area contributed by atoms with E-state index in [-0.39, 0.29) is 0 Å². The molecule has 1 unspecified atom stereocenters. The van der Waals surface area contributed by atoms with Crippen molar-refractivity contribution in [3.05, 3.63) is 24.4 Å². The zero-order chi connectivity index (χ0) is 14.2. The van der Waals surface area contributed by atoms with Crippen LogP contribution in [0.3, 0.4) is 0 Å². The maximum atomic E-state index is 5.49. The van der Waals surface area contributed by atoms with E-state index in [0.717, 1.165) is 41.2 Å². The standard InChI is InChI=1S/C16H19N3O2/c1-19(9-12-3-2-5-17-12)16-13-8-15-14(20-10-21-15)7-11(13)4-6-18-16/h4,6-8,12,17H,2-3,5,9-10H2,1H3. The Morgan fingerprint density at radius 3 is 3.00 bits per heavy atom. The van der Waals surface area contributed by atoms with Crippen LogP contribution in [0.1, 0.15) is 12.8 Å². The van der Waals surface area contributed by atoms with E-state index in [0.29, 0.717) is 12.8 Å². The molecular weight excluding hydrogens is 266 g/mol. The van der Waals surface area contributed by atoms with Crippen LogP contribution >= 0.6 is 0 Å². The average molecular weight is 285 g/mol. The molecule has 0 amide bonds. The molecule has 2 aliphatic heterocycles. The van der Waals surface area contributed by atoms with Crippen LogP contribution < -0.4 is 19.7 Å². The molecule has 4 rings (SSSR count). The third-order valence-corrected chi connectivity index (χ3v) is 4.25. The van der Waals surface area contributed by atoms with Gasteiger partial charge in [0.2, 0.25) is 6.79 Å². The summed E-state index contributed by atoms with van der Waals surface area (Å²) in [5.74, 6) is 2.63. The number of pyridine rings is 1. The minimum absolute atomic E-state index is 0.302. The van der Waals surface area contributed by atoms with Gasteiger partial charge in [-0.3, -0.25) is 0 Å². The van der Waals surface area contributed by atoms with Crippen molar-refractivity contribution in [2.75, 3.05) is 31.8 Å². The summed E-state index contributed by atoms with van der Waals surface area (Å²) in [4.78, 5) is 6.81. The predicted molar refractivity (Wildman–Crippen MR) is 82.2 cm³/mol. The lowest BCUT2D eigenvalue weighted by molar-refractivity contribution is 0.174. The molecule has 0 bridgehead atoms. The predicted octanol–water partition coefficient (Wildman–Crippen LogP) is 2.15. The van der Waals surface area contributed by atoms with Gasteiger partial charge < -0.3 is 19.7 Å². The molecule has 1 N–H and O–H groups in total. The highest BCUT2D eigenvalue weighted by molar-refractivity contribution is 5.94. The van der Waals surface area contributed by atoms with Crippen molar-refractivity contribution >= 4 is 16.6 Å². The smallest absolute Gasteiger partial charge is 0.231 e. The van der Waals surface area contributed by atoms with Crippen LogP contribution in [-0.4, -0.2) is 38.0 Å². The Kier molecular flexibility index (Phi) is 3.07. The quantitative estimate of drug-likeness (QED) is 0.936. The molecular formula is C16H19N3O2. The van der Waals surface area contributed by atoms with Crippen LogP contribution in [0, 0.1) is 0 Å². The molecule has 2 aromatic rings. The van der Waals surface area contributed by atoms with Crippen LogP contribution in [0.2, 0.25) is 0 Å². The number of benzene rings is 1. The number of hydrogen-bond donors (Lipinski definition) is 1. The number of nitrogens with zero attached hydrogens (tertiary/aromatic N) is 2. The van der Waals surface area contributed by atoms with E-state index in [1.165, 1.54) is 12.8 Å². The highest BCUT2D eigenvalue weighted by atomic mass is 16.7. The van der Waals surface area contributed by atoms with Gasteiger partial charge in [0.15, 0.2) is 11.5 Å². The maximum absolute atomic E-state index is 5.49. The summed E-state index contributed by atoms with van der Waals surface area (Å²) in [6.07, 6.45) is 4.36. The van der Waals surface area contributed by atoms with Gasteiger partial charge in [0.25, 0.3) is 0 Å². The van der Waals surface area contributed by atoms with Gasteiger partial charge in [0.05, 0.1) is 0 Å². The maximum Gasteiger partial charge on any atom is 0.231 e. The van der Waals surface area contributed by atoms with Crippen molar-refractivity contribution in [1.29, 1.82) is 0 Å². The molecule has 0 saturated carbocycles. The van der Waals surface area contributed by atoms with Crippen molar-refractivity contribution in [1.82, 2.24) is 10.3 Å². The van der Waals surface area contributed by atoms with Crippen molar-refractivity contribution in [3.63, 3.8) is 0 Å². The number of rotatable bonds is 3. The van der Waals surface area contributed by atoms with Crippen LogP contribution in [0.15, 0.2) is 24.4 Å². The number of hydrogen-bond acceptors (Lipinski definition) is 5. The molecule has 0 spiro atoms. The second-order valence-electron chi connectivity index (χ2n) is 5.73. The fraction of sp³-hybridized carbons (Fsp3) is 0.438. The van der Waals surface area contributed by atoms with Crippen molar-refractivity contribution in [2.45, 2.75) is 18.9 Å². The molecule has 1 fully saturated rings. The fourth-order valence-electron chi connectivity index (χ4n) is 3.18. The first-order valence-corrected chi connectivity index (χ1v) is 7.44. The van der Waals surface area contributed by atoms with E-state index in [2.05, 4.69) is 22.2 Å². The van der Waals surface area contributed by atoms with Crippen molar-refractivity contribution < 1.29 is 9.47 Å². The second-order valence-corrected chi connectivity index (χ2v) is 5.73. The molecule has 0 radical (unpaired) electrons. The van der Waals surface area contributed by atoms with E-state index >= 15 is 0 Å². The number of nitrogens with one attached hydrogen (secondary N) is 1. The summed E-state index contributed by atoms with van der Waals surface area (Å²) in [5.41, 5.74) is 0. The minimum Gasteiger partial charge on any atom is -0.454 e. The van der Waals surface area contributed by atoms with Gasteiger partial charge in [-0.15, -0.1) is 0 Å². The zero-order valence-electron chi connectivity index (χ0n) is 12.1. The van der Waals surface area contributed by atoms with Gasteiger partial charge in [-0.25, -0.2) is 4.98 Å². The number of ether oxygens (including phenoxy) is 2. The first-order chi connectivity index (χ1) is 10.3. The van der Waals surface area contributed by atoms with Gasteiger partial charge in [-0.2, -0.15) is 0 Å². The molecule has 1 atom stereocenters. The highest BCUT2D eigenvalue weighted by Gasteiger charge is 2.20. The van der Waals surface area contributed by atoms with E-state index in [1.54, 1.807) is 0 Å². The van der Waals surface area contributed by atoms with E-state index in [4.69, 9.17) is 9.47 Å². The monoisotopic (exact) mass is 285 g/mol. The first kappa shape index (κ1) is 12.7. The molecule has 3 heterocycles. The first-order valence-electron chi connectivity index (χ1n) is 7.44. The Hall–Kier alpha value is -2.01. The Labute approximate surface area is 123 Å². The van der Waals surface area contributed by atoms with Gasteiger partial charge in [-0.05, 0) is 43.0 Å². The molecule has 1 aromatic heterocycles. The number of fused-ring (bicyclic) bond motifs is 2. The summed E-state index contributed by atoms with van der Waals surface area (Å²) in [7, 11) is 2.10. The molecule has 1 aromatic carbocycles. The molecule has 2 aliphatic rings. The molecule has 5 heteroatoms. The lowest BCUT2D eigenvalue weighted by atomic mass is 10.1. The Balaban J connectivity index is 1.70. The highest BCUT2D eigenvalue weighted by Crippen LogP contribution is 2.38. The van der Waals surface area contributed by atoms with Crippen molar-refractivity contribution in [2.24, 2.45) is 0 Å². The lowest BCUT2D eigenvalue weighted by Gasteiger charge is -2.23. The average Bonchev–Trinajstić information content (AvgIpc) is 3.14. The van der Waals surface area contributed by atoms with E-state index in [9.17, 15) is 0 Å². The number of likely N-dealkylation sites (N-methyl/N-ethyl adjacent to an activating group) is 1. The SMILES string of the molecule is CN(CC1CCCN1)c1nccc2cc3c(cc12)OCO3. The van der Waals surface area contributed by atoms with Crippen LogP contribution in [0.25, 0.3) is 10.8 Å². The Bertz CT molecular complexity index is 668. The molecule has 5 nitrogen and oxygen atoms in total. The Morgan fingerprint density at radius 2 is 2.19 bits per heavy atom. The molecule has 110 valence electrons. The van der Waals surface area contributed by atoms with Crippen LogP contribution in [0.5, 0.6) is 11.5 Å². The van der Waals surface area contributed by atoms with Gasteiger partial charge in [0.1, 0.15) is 5.82 Å². The van der Waals surface area contributed by atoms with Crippen LogP contribution in [0.4, 0.5) is 5.82 Å². The summed E-state index contributed by atoms with van der Waals surface area (Å²) >= 11 is 0. The van der Waals surface area contributed by atoms with E-state index in [1.807, 2.05) is 24.4 Å². The number of anilines is 1. The zero-order valence-corrected chi connectivity index (χ0v) is 12.1. The number of aromatic nitrogens is 1. The second kappa shape index (κ2) is 5.07. The Morgan fingerprint density at radius 1 is 1.33 bits per heavy atom. The van der Waals surface area contributed by atoms with Crippen LogP contribution in [-0.2, 0) is 0 Å². The summed E-state index contributed by atoms with van der Waals surface area (Å²) in [6.45, 7) is 2.40. The summed E-state index contributed by atoms with van der Waals surface area (Å²) in [6, 6.07) is 6.65. The van der Waals surface area contributed by atoms with Gasteiger partial charge >= 0.3 is 0 Å². The lowest BCUT2D eigenvalue weighted by Crippen LogP contribution is -2.35. The summed E-state index contributed by atoms with van der Waals surface area (Å²) < 4.78 is 10.9. The minimum atomic E-state index is 0.302.